The molecule has 4 fully saturated rings. The van der Waals surface area contributed by atoms with Crippen LogP contribution in [-0.4, -0.2) is 87.6 Å². The van der Waals surface area contributed by atoms with E-state index in [0.717, 1.165) is 72.7 Å². The lowest BCUT2D eigenvalue weighted by Gasteiger charge is -2.40. The van der Waals surface area contributed by atoms with Crippen molar-refractivity contribution in [1.82, 2.24) is 25.2 Å². The summed E-state index contributed by atoms with van der Waals surface area (Å²) in [5, 5.41) is 17.3. The zero-order chi connectivity index (χ0) is 29.6. The number of pyridine rings is 1. The van der Waals surface area contributed by atoms with Crippen LogP contribution in [0, 0.1) is 0 Å². The monoisotopic (exact) mass is 596 g/mol. The maximum atomic E-state index is 14.5. The van der Waals surface area contributed by atoms with Crippen molar-refractivity contribution >= 4 is 27.5 Å². The van der Waals surface area contributed by atoms with Crippen LogP contribution in [0.1, 0.15) is 44.6 Å². The fourth-order valence-electron chi connectivity index (χ4n) is 8.73. The average Bonchev–Trinajstić information content (AvgIpc) is 3.66. The lowest BCUT2D eigenvalue weighted by Crippen LogP contribution is -2.60. The van der Waals surface area contributed by atoms with Gasteiger partial charge >= 0.3 is 6.01 Å². The van der Waals surface area contributed by atoms with Crippen molar-refractivity contribution in [2.24, 2.45) is 0 Å². The molecule has 0 saturated carbocycles. The van der Waals surface area contributed by atoms with E-state index in [2.05, 4.69) is 28.1 Å². The summed E-state index contributed by atoms with van der Waals surface area (Å²) in [4.78, 5) is 19.7. The highest BCUT2D eigenvalue weighted by Crippen LogP contribution is 2.44. The quantitative estimate of drug-likeness (QED) is 0.338. The summed E-state index contributed by atoms with van der Waals surface area (Å²) in [6, 6.07) is 12.9. The maximum absolute atomic E-state index is 14.5. The van der Waals surface area contributed by atoms with E-state index < -0.39 is 6.17 Å². The van der Waals surface area contributed by atoms with Crippen LogP contribution < -0.4 is 19.7 Å². The highest BCUT2D eigenvalue weighted by atomic mass is 19.1. The van der Waals surface area contributed by atoms with Crippen molar-refractivity contribution in [3.8, 4) is 28.9 Å². The Morgan fingerprint density at radius 1 is 1.14 bits per heavy atom. The van der Waals surface area contributed by atoms with Gasteiger partial charge in [0.25, 0.3) is 0 Å². The van der Waals surface area contributed by atoms with Crippen molar-refractivity contribution in [1.29, 1.82) is 0 Å². The molecule has 0 amide bonds. The van der Waals surface area contributed by atoms with E-state index >= 15 is 0 Å². The number of nitrogens with one attached hydrogen (secondary N) is 1. The lowest BCUT2D eigenvalue weighted by molar-refractivity contribution is 0.107. The van der Waals surface area contributed by atoms with E-state index in [1.54, 1.807) is 12.1 Å². The number of fused-ring (bicyclic) bond motifs is 7. The van der Waals surface area contributed by atoms with Crippen molar-refractivity contribution < 1.29 is 19.0 Å². The number of aromatic hydroxyl groups is 1. The molecule has 2 N–H and O–H groups in total. The van der Waals surface area contributed by atoms with E-state index in [1.807, 2.05) is 18.2 Å². The number of hydrogen-bond donors (Lipinski definition) is 2. The van der Waals surface area contributed by atoms with Crippen molar-refractivity contribution in [2.75, 3.05) is 37.7 Å². The van der Waals surface area contributed by atoms with Gasteiger partial charge in [0.05, 0.1) is 22.8 Å². The molecule has 0 radical (unpaired) electrons. The normalized spacial score (nSPS) is 29.1. The van der Waals surface area contributed by atoms with E-state index in [9.17, 15) is 9.50 Å². The highest BCUT2D eigenvalue weighted by molar-refractivity contribution is 6.02. The zero-order valence-corrected chi connectivity index (χ0v) is 24.9. The second-order valence-electron chi connectivity index (χ2n) is 13.3. The first kappa shape index (κ1) is 26.6. The Balaban J connectivity index is 1.21. The van der Waals surface area contributed by atoms with Gasteiger partial charge in [-0.05, 0) is 73.2 Å². The van der Waals surface area contributed by atoms with Gasteiger partial charge in [0.2, 0.25) is 5.88 Å². The molecule has 7 heterocycles. The van der Waals surface area contributed by atoms with Crippen molar-refractivity contribution in [2.45, 2.75) is 75.3 Å². The van der Waals surface area contributed by atoms with E-state index in [4.69, 9.17) is 24.4 Å². The van der Waals surface area contributed by atoms with Gasteiger partial charge in [0.15, 0.2) is 0 Å². The summed E-state index contributed by atoms with van der Waals surface area (Å²) in [6.07, 6.45) is 4.73. The van der Waals surface area contributed by atoms with E-state index in [1.165, 1.54) is 5.56 Å². The van der Waals surface area contributed by atoms with Crippen molar-refractivity contribution in [3.05, 3.63) is 42.0 Å². The molecule has 2 aromatic carbocycles. The Labute approximate surface area is 255 Å². The molecule has 5 aliphatic heterocycles. The number of phenolic OH excluding ortho intramolecular Hbond substituents is 1. The Hall–Kier alpha value is -3.76. The molecule has 4 aromatic rings. The van der Waals surface area contributed by atoms with Gasteiger partial charge in [0.1, 0.15) is 36.3 Å². The van der Waals surface area contributed by atoms with Crippen molar-refractivity contribution in [3.63, 3.8) is 0 Å². The number of anilines is 1. The number of nitrogens with zero attached hydrogens (tertiary/aromatic N) is 5. The fourth-order valence-corrected chi connectivity index (χ4v) is 8.73. The molecule has 9 nitrogen and oxygen atoms in total. The summed E-state index contributed by atoms with van der Waals surface area (Å²) < 4.78 is 27.5. The lowest BCUT2D eigenvalue weighted by atomic mass is 9.95. The number of piperazine rings is 1. The molecule has 2 bridgehead atoms. The minimum absolute atomic E-state index is 0.108. The first-order valence-corrected chi connectivity index (χ1v) is 16.1. The van der Waals surface area contributed by atoms with Crippen LogP contribution in [0.4, 0.5) is 10.2 Å². The molecule has 0 aliphatic carbocycles. The number of hydrogen-bond acceptors (Lipinski definition) is 9. The summed E-state index contributed by atoms with van der Waals surface area (Å²) >= 11 is 0. The molecule has 5 aliphatic rings. The highest BCUT2D eigenvalue weighted by Gasteiger charge is 2.50. The summed E-state index contributed by atoms with van der Waals surface area (Å²) in [6.45, 7) is 5.21. The third kappa shape index (κ3) is 4.06. The van der Waals surface area contributed by atoms with Crippen LogP contribution in [0.25, 0.3) is 32.9 Å². The molecule has 10 heteroatoms. The SMILES string of the molecule is CCc1cccc2cc(O)cc(-c3cc4nc(OC[C@]56CCCN5C[C@H](F)C6)nc5c4c(n3)OC[C@@H]3[C@H]4CC[C@@H](CN53)N4)c12. The van der Waals surface area contributed by atoms with Crippen LogP contribution in [0.3, 0.4) is 0 Å². The third-order valence-corrected chi connectivity index (χ3v) is 10.8. The Morgan fingerprint density at radius 3 is 2.98 bits per heavy atom. The average molecular weight is 597 g/mol. The number of phenols is 1. The topological polar surface area (TPSA) is 95.9 Å². The van der Waals surface area contributed by atoms with E-state index in [0.29, 0.717) is 61.4 Å². The number of ether oxygens (including phenoxy) is 2. The minimum Gasteiger partial charge on any atom is -0.508 e. The van der Waals surface area contributed by atoms with Crippen LogP contribution in [0.15, 0.2) is 36.4 Å². The van der Waals surface area contributed by atoms with Crippen LogP contribution in [-0.2, 0) is 6.42 Å². The summed E-state index contributed by atoms with van der Waals surface area (Å²) in [5.74, 6) is 1.49. The Bertz CT molecular complexity index is 1800. The van der Waals surface area contributed by atoms with Crippen LogP contribution >= 0.6 is 0 Å². The number of aryl methyl sites for hydroxylation is 1. The molecule has 5 atom stereocenters. The number of benzene rings is 2. The molecular formula is C34H37FN6O3. The zero-order valence-electron chi connectivity index (χ0n) is 24.9. The van der Waals surface area contributed by atoms with Gasteiger partial charge in [-0.15, -0.1) is 0 Å². The van der Waals surface area contributed by atoms with E-state index in [-0.39, 0.29) is 17.3 Å². The number of alkyl halides is 1. The number of rotatable bonds is 5. The predicted octanol–water partition coefficient (Wildman–Crippen LogP) is 4.77. The summed E-state index contributed by atoms with van der Waals surface area (Å²) in [7, 11) is 0. The fraction of sp³-hybridized carbons (Fsp3) is 0.500. The first-order chi connectivity index (χ1) is 21.5. The number of aromatic nitrogens is 3. The smallest absolute Gasteiger partial charge is 0.319 e. The molecule has 4 saturated heterocycles. The standard InChI is InChI=1S/C34H37FN6O3/c1-2-19-5-3-6-20-11-23(42)12-24(29(19)20)26-13-27-30-31(41-16-22-7-8-25(36-22)28(41)17-43-32(30)37-26)39-33(38-27)44-18-34-9-4-10-40(34)15-21(35)14-34/h3,5-6,11-13,21-22,25,28,36,42H,2,4,7-10,14-18H2,1H3/t21-,22+,25-,28-,34-/m1/s1. The second kappa shape index (κ2) is 9.87. The largest absolute Gasteiger partial charge is 0.508 e. The maximum Gasteiger partial charge on any atom is 0.319 e. The predicted molar refractivity (Wildman–Crippen MR) is 166 cm³/mol. The molecular weight excluding hydrogens is 559 g/mol. The Morgan fingerprint density at radius 2 is 2.07 bits per heavy atom. The Kier molecular flexibility index (Phi) is 5.97. The van der Waals surface area contributed by atoms with Gasteiger partial charge in [-0.25, -0.2) is 9.37 Å². The van der Waals surface area contributed by atoms with Gasteiger partial charge in [0, 0.05) is 37.2 Å². The molecule has 44 heavy (non-hydrogen) atoms. The van der Waals surface area contributed by atoms with Gasteiger partial charge in [-0.3, -0.25) is 4.90 Å². The minimum atomic E-state index is -0.823. The second-order valence-corrected chi connectivity index (χ2v) is 13.3. The molecule has 0 spiro atoms. The van der Waals surface area contributed by atoms with Gasteiger partial charge < -0.3 is 24.8 Å². The summed E-state index contributed by atoms with van der Waals surface area (Å²) in [5.41, 5.74) is 3.10. The van der Waals surface area contributed by atoms with Gasteiger partial charge in [-0.2, -0.15) is 9.97 Å². The molecule has 228 valence electrons. The molecule has 2 aromatic heterocycles. The van der Waals surface area contributed by atoms with Crippen LogP contribution in [0.5, 0.6) is 17.6 Å². The molecule has 0 unspecified atom stereocenters. The van der Waals surface area contributed by atoms with Gasteiger partial charge in [-0.1, -0.05) is 25.1 Å². The first-order valence-electron chi connectivity index (χ1n) is 16.1. The molecule has 9 rings (SSSR count). The number of halogens is 1. The third-order valence-electron chi connectivity index (χ3n) is 10.8. The van der Waals surface area contributed by atoms with Crippen LogP contribution in [0.2, 0.25) is 0 Å².